The Morgan fingerprint density at radius 2 is 2.21 bits per heavy atom. The number of hydrogen-bond donors (Lipinski definition) is 3. The highest BCUT2D eigenvalue weighted by Crippen LogP contribution is 2.19. The van der Waals surface area contributed by atoms with E-state index in [2.05, 4.69) is 20.6 Å². The van der Waals surface area contributed by atoms with Crippen LogP contribution in [-0.2, 0) is 11.2 Å². The quantitative estimate of drug-likeness (QED) is 0.314. The summed E-state index contributed by atoms with van der Waals surface area (Å²) in [7, 11) is 0. The Balaban J connectivity index is 0.00000300. The Labute approximate surface area is 188 Å². The van der Waals surface area contributed by atoms with Crippen molar-refractivity contribution in [2.75, 3.05) is 26.2 Å². The Morgan fingerprint density at radius 3 is 2.93 bits per heavy atom. The zero-order chi connectivity index (χ0) is 20.1. The molecule has 1 aliphatic heterocycles. The van der Waals surface area contributed by atoms with Gasteiger partial charge in [-0.15, -0.1) is 24.0 Å². The topological polar surface area (TPSA) is 72.5 Å². The van der Waals surface area contributed by atoms with Crippen molar-refractivity contribution in [3.63, 3.8) is 0 Å². The second-order valence-corrected chi connectivity index (χ2v) is 7.58. The maximum Gasteiger partial charge on any atom is 0.225 e. The third-order valence-electron chi connectivity index (χ3n) is 5.06. The molecule has 3 rings (SSSR count). The van der Waals surface area contributed by atoms with Crippen LogP contribution in [-0.4, -0.2) is 54.0 Å². The molecule has 3 N–H and O–H groups in total. The number of rotatable bonds is 6. The molecular weight excluding hydrogens is 484 g/mol. The van der Waals surface area contributed by atoms with Crippen LogP contribution in [0.5, 0.6) is 0 Å². The van der Waals surface area contributed by atoms with Gasteiger partial charge in [-0.25, -0.2) is 4.39 Å². The van der Waals surface area contributed by atoms with Crippen LogP contribution in [0.3, 0.4) is 0 Å². The smallest absolute Gasteiger partial charge is 0.225 e. The summed E-state index contributed by atoms with van der Waals surface area (Å²) in [4.78, 5) is 21.9. The fourth-order valence-electron chi connectivity index (χ4n) is 3.61. The minimum absolute atomic E-state index is 0. The van der Waals surface area contributed by atoms with E-state index in [1.165, 1.54) is 12.1 Å². The van der Waals surface area contributed by atoms with Gasteiger partial charge in [-0.2, -0.15) is 0 Å². The number of H-pyrrole nitrogens is 1. The predicted octanol–water partition coefficient (Wildman–Crippen LogP) is 3.28. The van der Waals surface area contributed by atoms with Crippen molar-refractivity contribution in [1.82, 2.24) is 20.5 Å². The largest absolute Gasteiger partial charge is 0.361 e. The van der Waals surface area contributed by atoms with E-state index >= 15 is 0 Å². The molecule has 0 aliphatic carbocycles. The molecule has 1 fully saturated rings. The summed E-state index contributed by atoms with van der Waals surface area (Å²) in [6.45, 7) is 8.83. The molecule has 8 heteroatoms. The van der Waals surface area contributed by atoms with Crippen molar-refractivity contribution < 1.29 is 9.18 Å². The lowest BCUT2D eigenvalue weighted by Gasteiger charge is -2.20. The van der Waals surface area contributed by atoms with Crippen LogP contribution in [0.1, 0.15) is 32.8 Å². The summed E-state index contributed by atoms with van der Waals surface area (Å²) in [5.74, 6) is 0.781. The van der Waals surface area contributed by atoms with Crippen molar-refractivity contribution in [2.24, 2.45) is 10.9 Å². The lowest BCUT2D eigenvalue weighted by Crippen LogP contribution is -2.45. The number of aromatic nitrogens is 1. The molecule has 1 aromatic heterocycles. The second kappa shape index (κ2) is 10.8. The first-order valence-corrected chi connectivity index (χ1v) is 10.1. The number of guanidine groups is 1. The number of halogens is 2. The molecule has 29 heavy (non-hydrogen) atoms. The Bertz CT molecular complexity index is 851. The van der Waals surface area contributed by atoms with E-state index in [1.807, 2.05) is 37.9 Å². The number of nitrogens with zero attached hydrogens (tertiary/aromatic N) is 2. The molecular formula is C21H31FIN5O. The number of fused-ring (bicyclic) bond motifs is 1. The van der Waals surface area contributed by atoms with Gasteiger partial charge in [0.25, 0.3) is 0 Å². The van der Waals surface area contributed by atoms with Crippen LogP contribution in [0.25, 0.3) is 10.9 Å². The molecule has 0 bridgehead atoms. The van der Waals surface area contributed by atoms with Gasteiger partial charge in [0, 0.05) is 55.2 Å². The van der Waals surface area contributed by atoms with Crippen LogP contribution < -0.4 is 10.6 Å². The molecule has 1 aliphatic rings. The summed E-state index contributed by atoms with van der Waals surface area (Å²) in [5.41, 5.74) is 1.94. The lowest BCUT2D eigenvalue weighted by atomic mass is 10.1. The third-order valence-corrected chi connectivity index (χ3v) is 5.06. The number of amides is 1. The van der Waals surface area contributed by atoms with E-state index in [0.29, 0.717) is 6.54 Å². The van der Waals surface area contributed by atoms with E-state index < -0.39 is 0 Å². The first-order chi connectivity index (χ1) is 13.5. The molecule has 2 heterocycles. The number of carbonyl (C=O) groups is 1. The highest BCUT2D eigenvalue weighted by Gasteiger charge is 2.27. The Hall–Kier alpha value is -1.84. The molecule has 1 atom stereocenters. The Kier molecular flexibility index (Phi) is 8.73. The van der Waals surface area contributed by atoms with Crippen LogP contribution in [0.15, 0.2) is 29.4 Å². The predicted molar refractivity (Wildman–Crippen MR) is 126 cm³/mol. The zero-order valence-electron chi connectivity index (χ0n) is 17.3. The van der Waals surface area contributed by atoms with Gasteiger partial charge in [-0.05, 0) is 43.5 Å². The van der Waals surface area contributed by atoms with Gasteiger partial charge in [0.15, 0.2) is 5.96 Å². The lowest BCUT2D eigenvalue weighted by molar-refractivity contribution is -0.133. The average molecular weight is 515 g/mol. The van der Waals surface area contributed by atoms with Gasteiger partial charge in [-0.1, -0.05) is 13.8 Å². The number of likely N-dealkylation sites (tertiary alicyclic amines) is 1. The first-order valence-electron chi connectivity index (χ1n) is 10.1. The molecule has 1 unspecified atom stereocenters. The van der Waals surface area contributed by atoms with Crippen molar-refractivity contribution in [3.8, 4) is 0 Å². The summed E-state index contributed by atoms with van der Waals surface area (Å²) in [5, 5.41) is 7.77. The van der Waals surface area contributed by atoms with Crippen LogP contribution in [0, 0.1) is 11.7 Å². The molecule has 1 amide bonds. The van der Waals surface area contributed by atoms with E-state index in [0.717, 1.165) is 54.9 Å². The normalized spacial score (nSPS) is 16.9. The molecule has 1 saturated heterocycles. The number of aromatic amines is 1. The molecule has 1 aromatic carbocycles. The molecule has 0 saturated carbocycles. The highest BCUT2D eigenvalue weighted by molar-refractivity contribution is 14.0. The molecule has 2 aromatic rings. The van der Waals surface area contributed by atoms with Crippen LogP contribution >= 0.6 is 24.0 Å². The summed E-state index contributed by atoms with van der Waals surface area (Å²) >= 11 is 0. The number of carbonyl (C=O) groups excluding carboxylic acids is 1. The molecule has 0 spiro atoms. The minimum atomic E-state index is -0.237. The molecule has 6 nitrogen and oxygen atoms in total. The zero-order valence-corrected chi connectivity index (χ0v) is 19.6. The monoisotopic (exact) mass is 515 g/mol. The van der Waals surface area contributed by atoms with E-state index in [1.54, 1.807) is 0 Å². The van der Waals surface area contributed by atoms with E-state index in [9.17, 15) is 9.18 Å². The molecule has 160 valence electrons. The van der Waals surface area contributed by atoms with Gasteiger partial charge >= 0.3 is 0 Å². The minimum Gasteiger partial charge on any atom is -0.361 e. The maximum atomic E-state index is 13.3. The average Bonchev–Trinajstić information content (AvgIpc) is 3.28. The maximum absolute atomic E-state index is 13.3. The summed E-state index contributed by atoms with van der Waals surface area (Å²) < 4.78 is 13.3. The third kappa shape index (κ3) is 6.07. The van der Waals surface area contributed by atoms with Crippen molar-refractivity contribution in [3.05, 3.63) is 35.8 Å². The summed E-state index contributed by atoms with van der Waals surface area (Å²) in [6.07, 6.45) is 3.62. The standard InChI is InChI=1S/C21H30FN5O.HI/c1-4-23-21(26-17-8-10-27(13-17)20(28)14(2)3)24-9-7-15-12-25-19-11-16(22)5-6-18(15)19;/h5-6,11-12,14,17,25H,4,7-10,13H2,1-3H3,(H2,23,24,26);1H. The first kappa shape index (κ1) is 23.4. The van der Waals surface area contributed by atoms with Crippen molar-refractivity contribution in [1.29, 1.82) is 0 Å². The molecule has 0 radical (unpaired) electrons. The van der Waals surface area contributed by atoms with E-state index in [-0.39, 0.29) is 47.7 Å². The fourth-order valence-corrected chi connectivity index (χ4v) is 3.61. The summed E-state index contributed by atoms with van der Waals surface area (Å²) in [6, 6.07) is 5.02. The van der Waals surface area contributed by atoms with Gasteiger partial charge in [0.05, 0.1) is 0 Å². The second-order valence-electron chi connectivity index (χ2n) is 7.58. The highest BCUT2D eigenvalue weighted by atomic mass is 127. The number of aliphatic imine (C=N–C) groups is 1. The van der Waals surface area contributed by atoms with E-state index in [4.69, 9.17) is 0 Å². The SMILES string of the molecule is CCNC(=NCCc1c[nH]c2cc(F)ccc12)NC1CCN(C(=O)C(C)C)C1.I. The van der Waals surface area contributed by atoms with Crippen LogP contribution in [0.2, 0.25) is 0 Å². The Morgan fingerprint density at radius 1 is 1.41 bits per heavy atom. The number of nitrogens with one attached hydrogen (secondary N) is 3. The van der Waals surface area contributed by atoms with Gasteiger partial charge in [0.1, 0.15) is 5.82 Å². The number of benzene rings is 1. The van der Waals surface area contributed by atoms with Crippen molar-refractivity contribution >= 4 is 46.7 Å². The van der Waals surface area contributed by atoms with Gasteiger partial charge in [-0.3, -0.25) is 9.79 Å². The van der Waals surface area contributed by atoms with Gasteiger partial charge < -0.3 is 20.5 Å². The number of hydrogen-bond acceptors (Lipinski definition) is 2. The van der Waals surface area contributed by atoms with Crippen molar-refractivity contribution in [2.45, 2.75) is 39.7 Å². The van der Waals surface area contributed by atoms with Gasteiger partial charge in [0.2, 0.25) is 5.91 Å². The van der Waals surface area contributed by atoms with Crippen LogP contribution in [0.4, 0.5) is 4.39 Å². The fraction of sp³-hybridized carbons (Fsp3) is 0.524.